The van der Waals surface area contributed by atoms with Crippen LogP contribution in [-0.4, -0.2) is 21.3 Å². The van der Waals surface area contributed by atoms with Crippen molar-refractivity contribution in [3.05, 3.63) is 39.9 Å². The Hall–Kier alpha value is -1.88. The van der Waals surface area contributed by atoms with Gasteiger partial charge in [0.15, 0.2) is 11.5 Å². The van der Waals surface area contributed by atoms with Crippen molar-refractivity contribution in [3.63, 3.8) is 0 Å². The van der Waals surface area contributed by atoms with E-state index in [-0.39, 0.29) is 0 Å². The lowest BCUT2D eigenvalue weighted by Crippen LogP contribution is -1.99. The Balaban J connectivity index is 2.46. The Morgan fingerprint density at radius 3 is 1.91 bits per heavy atom. The molecule has 0 bridgehead atoms. The summed E-state index contributed by atoms with van der Waals surface area (Å²) >= 11 is 3.55. The number of rotatable bonds is 5. The van der Waals surface area contributed by atoms with Gasteiger partial charge in [-0.15, -0.1) is 0 Å². The molecule has 2 aromatic rings. The molecule has 0 spiro atoms. The third kappa shape index (κ3) is 3.30. The molecule has 1 N–H and O–H groups in total. The van der Waals surface area contributed by atoms with E-state index >= 15 is 0 Å². The van der Waals surface area contributed by atoms with Gasteiger partial charge in [0.1, 0.15) is 5.75 Å². The van der Waals surface area contributed by atoms with Crippen LogP contribution in [0.3, 0.4) is 0 Å². The SMILES string of the molecule is COc1cc(OC)c(OC)cc1Nc1cc(C)c(Br)cc1C. The molecule has 0 unspecified atom stereocenters. The first kappa shape index (κ1) is 16.5. The highest BCUT2D eigenvalue weighted by Gasteiger charge is 2.13. The van der Waals surface area contributed by atoms with Gasteiger partial charge in [-0.1, -0.05) is 15.9 Å². The van der Waals surface area contributed by atoms with Crippen LogP contribution in [0.5, 0.6) is 17.2 Å². The highest BCUT2D eigenvalue weighted by molar-refractivity contribution is 9.10. The van der Waals surface area contributed by atoms with Gasteiger partial charge in [-0.2, -0.15) is 0 Å². The van der Waals surface area contributed by atoms with E-state index in [1.54, 1.807) is 21.3 Å². The quantitative estimate of drug-likeness (QED) is 0.822. The van der Waals surface area contributed by atoms with Gasteiger partial charge in [0, 0.05) is 22.3 Å². The monoisotopic (exact) mass is 365 g/mol. The van der Waals surface area contributed by atoms with Gasteiger partial charge in [0.05, 0.1) is 27.0 Å². The van der Waals surface area contributed by atoms with Gasteiger partial charge in [-0.3, -0.25) is 0 Å². The molecule has 0 atom stereocenters. The lowest BCUT2D eigenvalue weighted by atomic mass is 10.1. The number of ether oxygens (including phenoxy) is 3. The molecular weight excluding hydrogens is 346 g/mol. The molecule has 2 aromatic carbocycles. The molecule has 0 aliphatic carbocycles. The van der Waals surface area contributed by atoms with Gasteiger partial charge in [-0.05, 0) is 37.1 Å². The number of benzene rings is 2. The van der Waals surface area contributed by atoms with E-state index < -0.39 is 0 Å². The van der Waals surface area contributed by atoms with E-state index in [1.165, 1.54) is 0 Å². The zero-order valence-electron chi connectivity index (χ0n) is 13.4. The van der Waals surface area contributed by atoms with Gasteiger partial charge in [0.2, 0.25) is 0 Å². The lowest BCUT2D eigenvalue weighted by molar-refractivity contribution is 0.349. The van der Waals surface area contributed by atoms with Crippen LogP contribution in [0.25, 0.3) is 0 Å². The van der Waals surface area contributed by atoms with Crippen molar-refractivity contribution in [1.82, 2.24) is 0 Å². The fourth-order valence-electron chi connectivity index (χ4n) is 2.19. The number of hydrogen-bond acceptors (Lipinski definition) is 4. The Bertz CT molecular complexity index is 686. The predicted molar refractivity (Wildman–Crippen MR) is 93.0 cm³/mol. The molecule has 0 saturated heterocycles. The average Bonchev–Trinajstić information content (AvgIpc) is 2.51. The fraction of sp³-hybridized carbons (Fsp3) is 0.294. The molecule has 22 heavy (non-hydrogen) atoms. The first-order valence-electron chi connectivity index (χ1n) is 6.84. The third-order valence-electron chi connectivity index (χ3n) is 3.48. The first-order valence-corrected chi connectivity index (χ1v) is 7.63. The average molecular weight is 366 g/mol. The Kier molecular flexibility index (Phi) is 5.19. The molecule has 0 amide bonds. The van der Waals surface area contributed by atoms with E-state index in [9.17, 15) is 0 Å². The van der Waals surface area contributed by atoms with Gasteiger partial charge < -0.3 is 19.5 Å². The van der Waals surface area contributed by atoms with Crippen molar-refractivity contribution in [1.29, 1.82) is 0 Å². The summed E-state index contributed by atoms with van der Waals surface area (Å²) in [5.41, 5.74) is 4.14. The molecule has 118 valence electrons. The molecule has 0 saturated carbocycles. The van der Waals surface area contributed by atoms with Crippen LogP contribution in [0.15, 0.2) is 28.7 Å². The maximum absolute atomic E-state index is 5.45. The van der Waals surface area contributed by atoms with E-state index in [2.05, 4.69) is 47.2 Å². The van der Waals surface area contributed by atoms with Crippen LogP contribution >= 0.6 is 15.9 Å². The predicted octanol–water partition coefficient (Wildman–Crippen LogP) is 4.84. The number of methoxy groups -OCH3 is 3. The van der Waals surface area contributed by atoms with Crippen LogP contribution < -0.4 is 19.5 Å². The Morgan fingerprint density at radius 2 is 1.32 bits per heavy atom. The largest absolute Gasteiger partial charge is 0.494 e. The molecule has 0 radical (unpaired) electrons. The Labute approximate surface area is 139 Å². The summed E-state index contributed by atoms with van der Waals surface area (Å²) in [5, 5.41) is 3.40. The van der Waals surface area contributed by atoms with Crippen molar-refractivity contribution in [2.75, 3.05) is 26.6 Å². The molecule has 0 fully saturated rings. The molecule has 0 heterocycles. The topological polar surface area (TPSA) is 39.7 Å². The summed E-state index contributed by atoms with van der Waals surface area (Å²) in [6.07, 6.45) is 0. The van der Waals surface area contributed by atoms with Crippen molar-refractivity contribution < 1.29 is 14.2 Å². The second-order valence-electron chi connectivity index (χ2n) is 4.95. The van der Waals surface area contributed by atoms with Gasteiger partial charge in [0.25, 0.3) is 0 Å². The molecule has 0 aliphatic heterocycles. The van der Waals surface area contributed by atoms with Gasteiger partial charge >= 0.3 is 0 Å². The highest BCUT2D eigenvalue weighted by Crippen LogP contribution is 2.39. The maximum atomic E-state index is 5.45. The van der Waals surface area contributed by atoms with Crippen molar-refractivity contribution in [2.45, 2.75) is 13.8 Å². The second kappa shape index (κ2) is 6.92. The van der Waals surface area contributed by atoms with Crippen LogP contribution in [-0.2, 0) is 0 Å². The van der Waals surface area contributed by atoms with Crippen molar-refractivity contribution in [3.8, 4) is 17.2 Å². The standard InChI is InChI=1S/C17H20BrNO3/c1-10-7-13(11(2)6-12(10)18)19-14-8-16(21-4)17(22-5)9-15(14)20-3/h6-9,19H,1-5H3. The molecule has 0 aromatic heterocycles. The minimum absolute atomic E-state index is 0.633. The molecule has 0 aliphatic rings. The second-order valence-corrected chi connectivity index (χ2v) is 5.80. The normalized spacial score (nSPS) is 10.3. The summed E-state index contributed by atoms with van der Waals surface area (Å²) in [4.78, 5) is 0. The number of hydrogen-bond donors (Lipinski definition) is 1. The van der Waals surface area contributed by atoms with Crippen LogP contribution in [0.4, 0.5) is 11.4 Å². The minimum atomic E-state index is 0.633. The van der Waals surface area contributed by atoms with E-state index in [0.717, 1.165) is 27.0 Å². The smallest absolute Gasteiger partial charge is 0.164 e. The minimum Gasteiger partial charge on any atom is -0.494 e. The van der Waals surface area contributed by atoms with Crippen molar-refractivity contribution >= 4 is 27.3 Å². The van der Waals surface area contributed by atoms with E-state index in [4.69, 9.17) is 14.2 Å². The molecule has 4 nitrogen and oxygen atoms in total. The van der Waals surface area contributed by atoms with E-state index in [0.29, 0.717) is 17.2 Å². The molecule has 2 rings (SSSR count). The summed E-state index contributed by atoms with van der Waals surface area (Å²) in [7, 11) is 4.85. The van der Waals surface area contributed by atoms with Crippen LogP contribution in [0.1, 0.15) is 11.1 Å². The van der Waals surface area contributed by atoms with E-state index in [1.807, 2.05) is 12.1 Å². The molecular formula is C17H20BrNO3. The fourth-order valence-corrected chi connectivity index (χ4v) is 2.65. The summed E-state index contributed by atoms with van der Waals surface area (Å²) in [6.45, 7) is 4.11. The van der Waals surface area contributed by atoms with Crippen LogP contribution in [0, 0.1) is 13.8 Å². The number of anilines is 2. The number of halogens is 1. The van der Waals surface area contributed by atoms with Crippen molar-refractivity contribution in [2.24, 2.45) is 0 Å². The Morgan fingerprint density at radius 1 is 0.727 bits per heavy atom. The summed E-state index contributed by atoms with van der Waals surface area (Å²) in [6, 6.07) is 7.86. The van der Waals surface area contributed by atoms with Crippen LogP contribution in [0.2, 0.25) is 0 Å². The third-order valence-corrected chi connectivity index (χ3v) is 4.33. The zero-order chi connectivity index (χ0) is 16.3. The summed E-state index contributed by atoms with van der Waals surface area (Å²) in [5.74, 6) is 1.98. The zero-order valence-corrected chi connectivity index (χ0v) is 15.0. The number of nitrogens with one attached hydrogen (secondary N) is 1. The van der Waals surface area contributed by atoms with Gasteiger partial charge in [-0.25, -0.2) is 0 Å². The first-order chi connectivity index (χ1) is 10.5. The number of aryl methyl sites for hydroxylation is 2. The lowest BCUT2D eigenvalue weighted by Gasteiger charge is -2.17. The summed E-state index contributed by atoms with van der Waals surface area (Å²) < 4.78 is 17.2. The molecule has 5 heteroatoms. The highest BCUT2D eigenvalue weighted by atomic mass is 79.9. The maximum Gasteiger partial charge on any atom is 0.164 e.